The van der Waals surface area contributed by atoms with Crippen LogP contribution in [0.1, 0.15) is 38.2 Å². The van der Waals surface area contributed by atoms with Crippen LogP contribution in [0.25, 0.3) is 6.08 Å². The molecule has 2 rings (SSSR count). The van der Waals surface area contributed by atoms with Crippen LogP contribution in [-0.2, 0) is 14.3 Å². The predicted molar refractivity (Wildman–Crippen MR) is 112 cm³/mol. The molecule has 3 amide bonds. The van der Waals surface area contributed by atoms with Gasteiger partial charge in [0.1, 0.15) is 6.61 Å². The van der Waals surface area contributed by atoms with Gasteiger partial charge in [-0.1, -0.05) is 31.6 Å². The van der Waals surface area contributed by atoms with Crippen LogP contribution in [0.15, 0.2) is 36.9 Å². The van der Waals surface area contributed by atoms with Crippen LogP contribution in [0.2, 0.25) is 0 Å². The van der Waals surface area contributed by atoms with Gasteiger partial charge in [0, 0.05) is 12.1 Å². The van der Waals surface area contributed by atoms with E-state index in [1.165, 1.54) is 26.2 Å². The normalized spacial score (nSPS) is 14.7. The molecule has 0 bridgehead atoms. The first-order valence-corrected chi connectivity index (χ1v) is 9.84. The summed E-state index contributed by atoms with van der Waals surface area (Å²) >= 11 is 0. The van der Waals surface area contributed by atoms with Crippen molar-refractivity contribution in [2.75, 3.05) is 13.7 Å². The lowest BCUT2D eigenvalue weighted by molar-refractivity contribution is -0.149. The van der Waals surface area contributed by atoms with Crippen LogP contribution in [-0.4, -0.2) is 43.8 Å². The quantitative estimate of drug-likeness (QED) is 0.364. The zero-order chi connectivity index (χ0) is 21.9. The second kappa shape index (κ2) is 11.6. The minimum absolute atomic E-state index is 0.0872. The molecule has 1 saturated carbocycles. The van der Waals surface area contributed by atoms with E-state index in [9.17, 15) is 14.4 Å². The maximum Gasteiger partial charge on any atom is 0.331 e. The molecule has 0 saturated heterocycles. The molecule has 1 aliphatic carbocycles. The van der Waals surface area contributed by atoms with E-state index in [0.29, 0.717) is 23.7 Å². The summed E-state index contributed by atoms with van der Waals surface area (Å²) in [5.41, 5.74) is 0.683. The van der Waals surface area contributed by atoms with Gasteiger partial charge in [0.15, 0.2) is 17.6 Å². The smallest absolute Gasteiger partial charge is 0.331 e. The molecule has 30 heavy (non-hydrogen) atoms. The van der Waals surface area contributed by atoms with Gasteiger partial charge < -0.3 is 19.5 Å². The van der Waals surface area contributed by atoms with Gasteiger partial charge in [0.25, 0.3) is 5.91 Å². The van der Waals surface area contributed by atoms with E-state index in [-0.39, 0.29) is 6.04 Å². The third kappa shape index (κ3) is 7.27. The number of carbonyl (C=O) groups is 3. The molecule has 8 heteroatoms. The summed E-state index contributed by atoms with van der Waals surface area (Å²) in [6.45, 7) is 5.34. The van der Waals surface area contributed by atoms with E-state index in [4.69, 9.17) is 14.2 Å². The number of urea groups is 1. The van der Waals surface area contributed by atoms with Gasteiger partial charge in [-0.25, -0.2) is 9.59 Å². The van der Waals surface area contributed by atoms with Crippen LogP contribution in [0.4, 0.5) is 4.79 Å². The van der Waals surface area contributed by atoms with Crippen molar-refractivity contribution in [1.29, 1.82) is 0 Å². The molecule has 1 aliphatic rings. The van der Waals surface area contributed by atoms with Gasteiger partial charge in [-0.15, -0.1) is 0 Å². The lowest BCUT2D eigenvalue weighted by Crippen LogP contribution is -2.47. The summed E-state index contributed by atoms with van der Waals surface area (Å²) in [5, 5.41) is 4.94. The molecule has 0 spiro atoms. The van der Waals surface area contributed by atoms with Crippen LogP contribution in [0, 0.1) is 0 Å². The minimum atomic E-state index is -1.11. The van der Waals surface area contributed by atoms with Crippen molar-refractivity contribution in [2.45, 2.75) is 44.8 Å². The maximum atomic E-state index is 12.0. The Morgan fingerprint density at radius 1 is 1.23 bits per heavy atom. The molecule has 1 aromatic rings. The molecule has 1 fully saturated rings. The SMILES string of the molecule is C=CCOc1ccc(/C=C/C(=O)O[C@H](C)C(=O)NC(=O)NC2CCCC2)cc1OC. The number of esters is 1. The van der Waals surface area contributed by atoms with Gasteiger partial charge in [-0.05, 0) is 43.5 Å². The van der Waals surface area contributed by atoms with E-state index < -0.39 is 24.0 Å². The van der Waals surface area contributed by atoms with Crippen molar-refractivity contribution < 1.29 is 28.6 Å². The monoisotopic (exact) mass is 416 g/mol. The number of amides is 3. The van der Waals surface area contributed by atoms with Gasteiger partial charge in [-0.3, -0.25) is 10.1 Å². The zero-order valence-electron chi connectivity index (χ0n) is 17.3. The number of hydrogen-bond donors (Lipinski definition) is 2. The predicted octanol–water partition coefficient (Wildman–Crippen LogP) is 2.97. The molecule has 162 valence electrons. The van der Waals surface area contributed by atoms with E-state index in [1.54, 1.807) is 24.3 Å². The average Bonchev–Trinajstić information content (AvgIpc) is 3.23. The average molecular weight is 416 g/mol. The van der Waals surface area contributed by atoms with Crippen molar-refractivity contribution in [3.8, 4) is 11.5 Å². The van der Waals surface area contributed by atoms with E-state index in [0.717, 1.165) is 25.7 Å². The molecule has 0 aliphatic heterocycles. The van der Waals surface area contributed by atoms with Crippen LogP contribution >= 0.6 is 0 Å². The first kappa shape index (κ1) is 23.0. The molecule has 1 atom stereocenters. The minimum Gasteiger partial charge on any atom is -0.493 e. The number of nitrogens with one attached hydrogen (secondary N) is 2. The first-order chi connectivity index (χ1) is 14.4. The second-order valence-corrected chi connectivity index (χ2v) is 6.87. The van der Waals surface area contributed by atoms with Crippen molar-refractivity contribution in [3.63, 3.8) is 0 Å². The highest BCUT2D eigenvalue weighted by atomic mass is 16.5. The van der Waals surface area contributed by atoms with E-state index in [2.05, 4.69) is 17.2 Å². The summed E-state index contributed by atoms with van der Waals surface area (Å²) in [4.78, 5) is 35.9. The Morgan fingerprint density at radius 3 is 2.63 bits per heavy atom. The Bertz CT molecular complexity index is 799. The Kier molecular flexibility index (Phi) is 8.93. The third-order valence-corrected chi connectivity index (χ3v) is 4.55. The Morgan fingerprint density at radius 2 is 1.97 bits per heavy atom. The third-order valence-electron chi connectivity index (χ3n) is 4.55. The fourth-order valence-electron chi connectivity index (χ4n) is 2.99. The van der Waals surface area contributed by atoms with Crippen LogP contribution in [0.3, 0.4) is 0 Å². The number of imide groups is 1. The molecular weight excluding hydrogens is 388 g/mol. The lowest BCUT2D eigenvalue weighted by Gasteiger charge is -2.15. The highest BCUT2D eigenvalue weighted by Gasteiger charge is 2.22. The molecule has 0 heterocycles. The summed E-state index contributed by atoms with van der Waals surface area (Å²) in [6.07, 6.45) is 7.18. The Balaban J connectivity index is 1.84. The first-order valence-electron chi connectivity index (χ1n) is 9.84. The molecule has 0 radical (unpaired) electrons. The van der Waals surface area contributed by atoms with Crippen molar-refractivity contribution in [1.82, 2.24) is 10.6 Å². The van der Waals surface area contributed by atoms with Gasteiger partial charge in [0.2, 0.25) is 0 Å². The topological polar surface area (TPSA) is 103 Å². The number of hydrogen-bond acceptors (Lipinski definition) is 6. The van der Waals surface area contributed by atoms with Gasteiger partial charge in [0.05, 0.1) is 7.11 Å². The summed E-state index contributed by atoms with van der Waals surface area (Å²) in [5.74, 6) is -0.330. The summed E-state index contributed by atoms with van der Waals surface area (Å²) in [7, 11) is 1.51. The van der Waals surface area contributed by atoms with Crippen molar-refractivity contribution >= 4 is 24.0 Å². The zero-order valence-corrected chi connectivity index (χ0v) is 17.3. The number of benzene rings is 1. The number of rotatable bonds is 9. The second-order valence-electron chi connectivity index (χ2n) is 6.87. The Hall–Kier alpha value is -3.29. The fraction of sp³-hybridized carbons (Fsp3) is 0.409. The maximum absolute atomic E-state index is 12.0. The lowest BCUT2D eigenvalue weighted by atomic mass is 10.2. The van der Waals surface area contributed by atoms with Crippen molar-refractivity contribution in [2.24, 2.45) is 0 Å². The van der Waals surface area contributed by atoms with Crippen molar-refractivity contribution in [3.05, 3.63) is 42.5 Å². The molecule has 0 unspecified atom stereocenters. The largest absolute Gasteiger partial charge is 0.493 e. The molecule has 1 aromatic carbocycles. The van der Waals surface area contributed by atoms with Gasteiger partial charge in [-0.2, -0.15) is 0 Å². The number of ether oxygens (including phenoxy) is 3. The van der Waals surface area contributed by atoms with Gasteiger partial charge >= 0.3 is 12.0 Å². The van der Waals surface area contributed by atoms with E-state index in [1.807, 2.05) is 0 Å². The molecular formula is C22H28N2O6. The Labute approximate surface area is 176 Å². The number of methoxy groups -OCH3 is 1. The highest BCUT2D eigenvalue weighted by Crippen LogP contribution is 2.28. The fourth-order valence-corrected chi connectivity index (χ4v) is 2.99. The van der Waals surface area contributed by atoms with E-state index >= 15 is 0 Å². The highest BCUT2D eigenvalue weighted by molar-refractivity contribution is 5.98. The molecule has 0 aromatic heterocycles. The molecule has 8 nitrogen and oxygen atoms in total. The summed E-state index contributed by atoms with van der Waals surface area (Å²) < 4.78 is 15.8. The standard InChI is InChI=1S/C22H28N2O6/c1-4-13-29-18-11-9-16(14-19(18)28-3)10-12-20(25)30-15(2)21(26)24-22(27)23-17-7-5-6-8-17/h4,9-12,14-15,17H,1,5-8,13H2,2-3H3,(H2,23,24,26,27)/b12-10+/t15-/m1/s1. The van der Waals surface area contributed by atoms with Crippen LogP contribution in [0.5, 0.6) is 11.5 Å². The number of carbonyl (C=O) groups excluding carboxylic acids is 3. The van der Waals surface area contributed by atoms with Crippen LogP contribution < -0.4 is 20.1 Å². The molecule has 2 N–H and O–H groups in total. The summed E-state index contributed by atoms with van der Waals surface area (Å²) in [6, 6.07) is 4.67.